The Labute approximate surface area is 150 Å². The lowest BCUT2D eigenvalue weighted by molar-refractivity contribution is -0.0148. The van der Waals surface area contributed by atoms with Crippen molar-refractivity contribution >= 4 is 8.32 Å². The van der Waals surface area contributed by atoms with Crippen molar-refractivity contribution in [3.05, 3.63) is 24.3 Å². The second-order valence-electron chi connectivity index (χ2n) is 8.81. The number of ether oxygens (including phenoxy) is 1. The lowest BCUT2D eigenvalue weighted by Gasteiger charge is -2.36. The van der Waals surface area contributed by atoms with E-state index in [4.69, 9.17) is 14.3 Å². The molecule has 0 saturated carbocycles. The molecule has 0 fully saturated rings. The molecule has 1 aliphatic heterocycles. The Bertz CT molecular complexity index is 423. The summed E-state index contributed by atoms with van der Waals surface area (Å²) in [6, 6.07) is 0. The van der Waals surface area contributed by atoms with Crippen LogP contribution in [0.3, 0.4) is 0 Å². The smallest absolute Gasteiger partial charge is 0.191 e. The van der Waals surface area contributed by atoms with Crippen LogP contribution < -0.4 is 0 Å². The molecular formula is C20H38O3Si. The van der Waals surface area contributed by atoms with Crippen LogP contribution in [-0.2, 0) is 9.16 Å². The van der Waals surface area contributed by atoms with E-state index in [0.717, 1.165) is 37.9 Å². The monoisotopic (exact) mass is 354 g/mol. The van der Waals surface area contributed by atoms with Crippen LogP contribution in [0.25, 0.3) is 0 Å². The van der Waals surface area contributed by atoms with Crippen molar-refractivity contribution < 1.29 is 14.3 Å². The fourth-order valence-electron chi connectivity index (χ4n) is 2.78. The molecule has 0 aromatic heterocycles. The van der Waals surface area contributed by atoms with Crippen LogP contribution in [0.1, 0.15) is 53.4 Å². The number of aliphatic hydroxyl groups is 1. The second kappa shape index (κ2) is 9.32. The quantitative estimate of drug-likeness (QED) is 0.464. The molecule has 0 aromatic rings. The molecular weight excluding hydrogens is 316 g/mol. The highest BCUT2D eigenvalue weighted by molar-refractivity contribution is 6.74. The molecule has 0 bridgehead atoms. The van der Waals surface area contributed by atoms with Gasteiger partial charge in [0.25, 0.3) is 0 Å². The number of hydrogen-bond donors (Lipinski definition) is 1. The number of hydrogen-bond acceptors (Lipinski definition) is 3. The molecule has 0 radical (unpaired) electrons. The molecule has 0 spiro atoms. The van der Waals surface area contributed by atoms with Crippen LogP contribution in [0.15, 0.2) is 24.3 Å². The van der Waals surface area contributed by atoms with Crippen LogP contribution in [0.2, 0.25) is 18.1 Å². The van der Waals surface area contributed by atoms with E-state index in [2.05, 4.69) is 59.5 Å². The third-order valence-electron chi connectivity index (χ3n) is 5.31. The summed E-state index contributed by atoms with van der Waals surface area (Å²) in [6.07, 6.45) is 8.67. The SMILES string of the molecule is C=C(CO)C[C@H](C)C[C@@H]1CC=C[C@@H](CCO[Si](C)(C)C(C)(C)C)O1. The van der Waals surface area contributed by atoms with E-state index in [-0.39, 0.29) is 23.9 Å². The zero-order valence-electron chi connectivity index (χ0n) is 16.6. The van der Waals surface area contributed by atoms with Gasteiger partial charge in [-0.15, -0.1) is 0 Å². The molecule has 140 valence electrons. The number of aliphatic hydroxyl groups excluding tert-OH is 1. The summed E-state index contributed by atoms with van der Waals surface area (Å²) in [5.41, 5.74) is 0.910. The molecule has 0 aliphatic carbocycles. The Morgan fingerprint density at radius 1 is 1.42 bits per heavy atom. The lowest BCUT2D eigenvalue weighted by atomic mass is 9.94. The highest BCUT2D eigenvalue weighted by atomic mass is 28.4. The van der Waals surface area contributed by atoms with Gasteiger partial charge in [0, 0.05) is 6.61 Å². The molecule has 1 aliphatic rings. The average molecular weight is 355 g/mol. The average Bonchev–Trinajstić information content (AvgIpc) is 2.46. The topological polar surface area (TPSA) is 38.7 Å². The van der Waals surface area contributed by atoms with E-state index in [9.17, 15) is 0 Å². The van der Waals surface area contributed by atoms with E-state index in [1.807, 2.05) is 0 Å². The zero-order valence-corrected chi connectivity index (χ0v) is 17.6. The second-order valence-corrected chi connectivity index (χ2v) is 13.6. The lowest BCUT2D eigenvalue weighted by Crippen LogP contribution is -2.41. The predicted molar refractivity (Wildman–Crippen MR) is 105 cm³/mol. The first-order valence-electron chi connectivity index (χ1n) is 9.28. The zero-order chi connectivity index (χ0) is 18.4. The van der Waals surface area contributed by atoms with Crippen molar-refractivity contribution in [1.29, 1.82) is 0 Å². The van der Waals surface area contributed by atoms with Crippen molar-refractivity contribution in [2.75, 3.05) is 13.2 Å². The van der Waals surface area contributed by atoms with Gasteiger partial charge >= 0.3 is 0 Å². The largest absolute Gasteiger partial charge is 0.417 e. The highest BCUT2D eigenvalue weighted by Crippen LogP contribution is 2.36. The van der Waals surface area contributed by atoms with E-state index in [1.54, 1.807) is 0 Å². The third-order valence-corrected chi connectivity index (χ3v) is 9.85. The summed E-state index contributed by atoms with van der Waals surface area (Å²) in [7, 11) is -1.67. The Morgan fingerprint density at radius 2 is 2.08 bits per heavy atom. The Hall–Kier alpha value is -0.423. The number of rotatable bonds is 9. The van der Waals surface area contributed by atoms with Crippen LogP contribution >= 0.6 is 0 Å². The van der Waals surface area contributed by atoms with Crippen LogP contribution in [0, 0.1) is 5.92 Å². The highest BCUT2D eigenvalue weighted by Gasteiger charge is 2.37. The van der Waals surface area contributed by atoms with Gasteiger partial charge in [-0.2, -0.15) is 0 Å². The Morgan fingerprint density at radius 3 is 2.67 bits per heavy atom. The van der Waals surface area contributed by atoms with Gasteiger partial charge in [-0.05, 0) is 49.7 Å². The molecule has 0 amide bonds. The molecule has 1 N–H and O–H groups in total. The Kier molecular flexibility index (Phi) is 8.40. The molecule has 3 atom stereocenters. The molecule has 0 aromatic carbocycles. The van der Waals surface area contributed by atoms with Crippen LogP contribution in [0.5, 0.6) is 0 Å². The molecule has 0 saturated heterocycles. The van der Waals surface area contributed by atoms with E-state index >= 15 is 0 Å². The minimum absolute atomic E-state index is 0.0865. The van der Waals surface area contributed by atoms with Gasteiger partial charge in [0.1, 0.15) is 0 Å². The summed E-state index contributed by atoms with van der Waals surface area (Å²) in [6.45, 7) is 18.4. The van der Waals surface area contributed by atoms with Crippen LogP contribution in [0.4, 0.5) is 0 Å². The predicted octanol–water partition coefficient (Wildman–Crippen LogP) is 5.08. The fraction of sp³-hybridized carbons (Fsp3) is 0.800. The molecule has 0 unspecified atom stereocenters. The summed E-state index contributed by atoms with van der Waals surface area (Å²) < 4.78 is 12.5. The van der Waals surface area contributed by atoms with Gasteiger partial charge in [0.15, 0.2) is 8.32 Å². The third kappa shape index (κ3) is 7.22. The normalized spacial score (nSPS) is 23.3. The van der Waals surface area contributed by atoms with Crippen molar-refractivity contribution in [3.8, 4) is 0 Å². The molecule has 1 rings (SSSR count). The van der Waals surface area contributed by atoms with E-state index in [1.165, 1.54) is 0 Å². The van der Waals surface area contributed by atoms with Crippen LogP contribution in [-0.4, -0.2) is 38.8 Å². The van der Waals surface area contributed by atoms with Gasteiger partial charge in [0.2, 0.25) is 0 Å². The summed E-state index contributed by atoms with van der Waals surface area (Å²) in [5, 5.41) is 9.35. The Balaban J connectivity index is 2.37. The first-order chi connectivity index (χ1) is 11.0. The molecule has 4 heteroatoms. The minimum atomic E-state index is -1.67. The maximum Gasteiger partial charge on any atom is 0.191 e. The van der Waals surface area contributed by atoms with Gasteiger partial charge in [0.05, 0.1) is 18.8 Å². The minimum Gasteiger partial charge on any atom is -0.417 e. The van der Waals surface area contributed by atoms with Crippen molar-refractivity contribution in [2.24, 2.45) is 5.92 Å². The molecule has 1 heterocycles. The first-order valence-corrected chi connectivity index (χ1v) is 12.2. The fourth-order valence-corrected chi connectivity index (χ4v) is 3.84. The van der Waals surface area contributed by atoms with Crippen molar-refractivity contribution in [3.63, 3.8) is 0 Å². The van der Waals surface area contributed by atoms with E-state index < -0.39 is 8.32 Å². The standard InChI is InChI=1S/C20H38O3Si/c1-16(13-17(2)15-21)14-19-10-8-9-18(23-19)11-12-22-24(6,7)20(3,4)5/h8-9,16,18-19,21H,2,10-15H2,1,3-7H3/t16-,18-,19-/m0/s1. The summed E-state index contributed by atoms with van der Waals surface area (Å²) in [5.74, 6) is 0.491. The molecule has 24 heavy (non-hydrogen) atoms. The molecule has 3 nitrogen and oxygen atoms in total. The van der Waals surface area contributed by atoms with Crippen molar-refractivity contribution in [1.82, 2.24) is 0 Å². The van der Waals surface area contributed by atoms with E-state index in [0.29, 0.717) is 5.92 Å². The van der Waals surface area contributed by atoms with Gasteiger partial charge < -0.3 is 14.3 Å². The summed E-state index contributed by atoms with van der Waals surface area (Å²) in [4.78, 5) is 0. The maximum atomic E-state index is 9.10. The summed E-state index contributed by atoms with van der Waals surface area (Å²) >= 11 is 0. The first kappa shape index (κ1) is 21.6. The van der Waals surface area contributed by atoms with Crippen molar-refractivity contribution in [2.45, 2.75) is 83.7 Å². The van der Waals surface area contributed by atoms with Gasteiger partial charge in [-0.3, -0.25) is 0 Å². The van der Waals surface area contributed by atoms with Gasteiger partial charge in [-0.1, -0.05) is 52.0 Å². The van der Waals surface area contributed by atoms with Gasteiger partial charge in [-0.25, -0.2) is 0 Å². The maximum absolute atomic E-state index is 9.10.